The third kappa shape index (κ3) is 4.17. The quantitative estimate of drug-likeness (QED) is 0.777. The lowest BCUT2D eigenvalue weighted by molar-refractivity contribution is -0.131. The Morgan fingerprint density at radius 3 is 2.73 bits per heavy atom. The molecule has 0 saturated carbocycles. The van der Waals surface area contributed by atoms with Crippen LogP contribution in [0.5, 0.6) is 5.88 Å². The van der Waals surface area contributed by atoms with Crippen LogP contribution in [0.15, 0.2) is 24.4 Å². The van der Waals surface area contributed by atoms with Crippen LogP contribution in [0.2, 0.25) is 0 Å². The molecule has 0 radical (unpaired) electrons. The standard InChI is InChI=1S/C9H7F2NO3/c10-9(11)15-7-3-1-6(5-12-7)2-4-8(13)14/h1-5,9H,(H,13,14). The number of halogens is 2. The van der Waals surface area contributed by atoms with E-state index >= 15 is 0 Å². The fourth-order valence-electron chi connectivity index (χ4n) is 0.819. The molecule has 1 rings (SSSR count). The van der Waals surface area contributed by atoms with Crippen molar-refractivity contribution in [2.75, 3.05) is 0 Å². The first-order valence-electron chi connectivity index (χ1n) is 3.90. The smallest absolute Gasteiger partial charge is 0.388 e. The van der Waals surface area contributed by atoms with Crippen molar-refractivity contribution in [3.05, 3.63) is 30.0 Å². The van der Waals surface area contributed by atoms with Crippen LogP contribution >= 0.6 is 0 Å². The molecule has 0 atom stereocenters. The predicted molar refractivity (Wildman–Crippen MR) is 47.5 cm³/mol. The summed E-state index contributed by atoms with van der Waals surface area (Å²) in [7, 11) is 0. The average molecular weight is 215 g/mol. The second-order valence-electron chi connectivity index (χ2n) is 2.48. The van der Waals surface area contributed by atoms with Crippen LogP contribution < -0.4 is 4.74 Å². The van der Waals surface area contributed by atoms with Gasteiger partial charge in [-0.3, -0.25) is 0 Å². The number of carboxylic acid groups (broad SMARTS) is 1. The van der Waals surface area contributed by atoms with Crippen molar-refractivity contribution in [3.63, 3.8) is 0 Å². The van der Waals surface area contributed by atoms with Crippen molar-refractivity contribution in [1.82, 2.24) is 4.98 Å². The maximum absolute atomic E-state index is 11.7. The van der Waals surface area contributed by atoms with E-state index in [9.17, 15) is 13.6 Å². The zero-order valence-electron chi connectivity index (χ0n) is 7.43. The molecule has 1 N–H and O–H groups in total. The minimum absolute atomic E-state index is 0.211. The second-order valence-corrected chi connectivity index (χ2v) is 2.48. The molecule has 0 aliphatic heterocycles. The van der Waals surface area contributed by atoms with Crippen LogP contribution in [0.1, 0.15) is 5.56 Å². The average Bonchev–Trinajstić information content (AvgIpc) is 2.16. The van der Waals surface area contributed by atoms with Gasteiger partial charge in [0.25, 0.3) is 0 Å². The van der Waals surface area contributed by atoms with E-state index in [1.165, 1.54) is 24.4 Å². The number of pyridine rings is 1. The number of carbonyl (C=O) groups is 1. The summed E-state index contributed by atoms with van der Waals surface area (Å²) in [5.41, 5.74) is 0.485. The van der Waals surface area contributed by atoms with Gasteiger partial charge in [-0.2, -0.15) is 8.78 Å². The molecule has 0 bridgehead atoms. The molecule has 15 heavy (non-hydrogen) atoms. The SMILES string of the molecule is O=C(O)C=Cc1ccc(OC(F)F)nc1. The largest absolute Gasteiger partial charge is 0.478 e. The number of hydrogen-bond acceptors (Lipinski definition) is 3. The molecule has 0 aliphatic carbocycles. The van der Waals surface area contributed by atoms with Gasteiger partial charge in [-0.05, 0) is 17.7 Å². The van der Waals surface area contributed by atoms with Gasteiger partial charge in [-0.1, -0.05) is 0 Å². The summed E-state index contributed by atoms with van der Waals surface area (Å²) < 4.78 is 27.5. The van der Waals surface area contributed by atoms with E-state index in [0.717, 1.165) is 6.08 Å². The van der Waals surface area contributed by atoms with Gasteiger partial charge in [0.05, 0.1) is 0 Å². The Labute approximate surface area is 83.8 Å². The lowest BCUT2D eigenvalue weighted by atomic mass is 10.2. The Balaban J connectivity index is 2.68. The lowest BCUT2D eigenvalue weighted by Gasteiger charge is -2.02. The summed E-state index contributed by atoms with van der Waals surface area (Å²) in [6.07, 6.45) is 3.45. The zero-order chi connectivity index (χ0) is 11.3. The summed E-state index contributed by atoms with van der Waals surface area (Å²) in [4.78, 5) is 13.7. The summed E-state index contributed by atoms with van der Waals surface area (Å²) in [5.74, 6) is -1.31. The fourth-order valence-corrected chi connectivity index (χ4v) is 0.819. The van der Waals surface area contributed by atoms with E-state index in [0.29, 0.717) is 5.56 Å². The van der Waals surface area contributed by atoms with Gasteiger partial charge in [0.1, 0.15) is 0 Å². The molecule has 0 spiro atoms. The molecule has 1 aromatic rings. The van der Waals surface area contributed by atoms with Gasteiger partial charge in [0.2, 0.25) is 5.88 Å². The molecule has 0 unspecified atom stereocenters. The van der Waals surface area contributed by atoms with Crippen LogP contribution in [-0.2, 0) is 4.79 Å². The second kappa shape index (κ2) is 5.04. The summed E-state index contributed by atoms with van der Waals surface area (Å²) in [6, 6.07) is 2.65. The number of hydrogen-bond donors (Lipinski definition) is 1. The number of nitrogens with zero attached hydrogens (tertiary/aromatic N) is 1. The van der Waals surface area contributed by atoms with Crippen LogP contribution in [0.3, 0.4) is 0 Å². The molecule has 0 amide bonds. The Morgan fingerprint density at radius 2 is 2.27 bits per heavy atom. The van der Waals surface area contributed by atoms with E-state index in [1.807, 2.05) is 0 Å². The zero-order valence-corrected chi connectivity index (χ0v) is 7.43. The molecule has 6 heteroatoms. The minimum atomic E-state index is -2.92. The maximum atomic E-state index is 11.7. The van der Waals surface area contributed by atoms with E-state index in [1.54, 1.807) is 0 Å². The first-order valence-corrected chi connectivity index (χ1v) is 3.90. The highest BCUT2D eigenvalue weighted by Gasteiger charge is 2.04. The van der Waals surface area contributed by atoms with Gasteiger partial charge in [0.15, 0.2) is 0 Å². The van der Waals surface area contributed by atoms with Crippen molar-refractivity contribution in [3.8, 4) is 5.88 Å². The minimum Gasteiger partial charge on any atom is -0.478 e. The number of aromatic nitrogens is 1. The van der Waals surface area contributed by atoms with Gasteiger partial charge in [-0.25, -0.2) is 9.78 Å². The molecular weight excluding hydrogens is 208 g/mol. The normalized spacial score (nSPS) is 10.9. The first kappa shape index (κ1) is 11.1. The highest BCUT2D eigenvalue weighted by atomic mass is 19.3. The predicted octanol–water partition coefficient (Wildman–Crippen LogP) is 1.78. The van der Waals surface area contributed by atoms with Crippen molar-refractivity contribution >= 4 is 12.0 Å². The number of aliphatic carboxylic acids is 1. The third-order valence-corrected chi connectivity index (χ3v) is 1.39. The molecule has 1 heterocycles. The van der Waals surface area contributed by atoms with Crippen molar-refractivity contribution < 1.29 is 23.4 Å². The van der Waals surface area contributed by atoms with Gasteiger partial charge >= 0.3 is 12.6 Å². The number of rotatable bonds is 4. The lowest BCUT2D eigenvalue weighted by Crippen LogP contribution is -2.03. The molecular formula is C9H7F2NO3. The van der Waals surface area contributed by atoms with Crippen molar-refractivity contribution in [2.45, 2.75) is 6.61 Å². The Hall–Kier alpha value is -1.98. The van der Waals surface area contributed by atoms with E-state index in [4.69, 9.17) is 5.11 Å². The van der Waals surface area contributed by atoms with Gasteiger partial charge in [0, 0.05) is 18.3 Å². The highest BCUT2D eigenvalue weighted by molar-refractivity contribution is 5.85. The van der Waals surface area contributed by atoms with Crippen molar-refractivity contribution in [1.29, 1.82) is 0 Å². The molecule has 4 nitrogen and oxygen atoms in total. The van der Waals surface area contributed by atoms with Crippen LogP contribution in [0.25, 0.3) is 6.08 Å². The number of ether oxygens (including phenoxy) is 1. The van der Waals surface area contributed by atoms with Crippen molar-refractivity contribution in [2.24, 2.45) is 0 Å². The Kier molecular flexibility index (Phi) is 3.73. The third-order valence-electron chi connectivity index (χ3n) is 1.39. The number of carboxylic acids is 1. The summed E-state index contributed by atoms with van der Waals surface area (Å²) in [6.45, 7) is -2.92. The summed E-state index contributed by atoms with van der Waals surface area (Å²) >= 11 is 0. The van der Waals surface area contributed by atoms with E-state index in [2.05, 4.69) is 9.72 Å². The molecule has 0 saturated heterocycles. The van der Waals surface area contributed by atoms with E-state index < -0.39 is 12.6 Å². The fraction of sp³-hybridized carbons (Fsp3) is 0.111. The Morgan fingerprint density at radius 1 is 1.53 bits per heavy atom. The number of alkyl halides is 2. The highest BCUT2D eigenvalue weighted by Crippen LogP contribution is 2.11. The molecule has 0 aromatic carbocycles. The molecule has 80 valence electrons. The maximum Gasteiger partial charge on any atom is 0.388 e. The molecule has 0 aliphatic rings. The van der Waals surface area contributed by atoms with Gasteiger partial charge < -0.3 is 9.84 Å². The first-order chi connectivity index (χ1) is 7.08. The monoisotopic (exact) mass is 215 g/mol. The molecule has 1 aromatic heterocycles. The van der Waals surface area contributed by atoms with E-state index in [-0.39, 0.29) is 5.88 Å². The van der Waals surface area contributed by atoms with Crippen LogP contribution in [0.4, 0.5) is 8.78 Å². The van der Waals surface area contributed by atoms with Crippen LogP contribution in [0, 0.1) is 0 Å². The topological polar surface area (TPSA) is 59.4 Å². The van der Waals surface area contributed by atoms with Crippen LogP contribution in [-0.4, -0.2) is 22.7 Å². The summed E-state index contributed by atoms with van der Waals surface area (Å²) in [5, 5.41) is 8.32. The Bertz CT molecular complexity index is 362. The molecule has 0 fully saturated rings. The van der Waals surface area contributed by atoms with Gasteiger partial charge in [-0.15, -0.1) is 0 Å².